The standard InChI is InChI=1S/C14H15F3N2S/c15-14(16,17)8-13(11-4-2-1-3-5-11)18-7-6-12-9-20-10-19-12/h1-5,9-10,13,18H,6-8H2. The van der Waals surface area contributed by atoms with Crippen molar-refractivity contribution >= 4 is 11.3 Å². The van der Waals surface area contributed by atoms with Crippen molar-refractivity contribution in [2.75, 3.05) is 6.54 Å². The van der Waals surface area contributed by atoms with Gasteiger partial charge in [-0.1, -0.05) is 30.3 Å². The van der Waals surface area contributed by atoms with Crippen LogP contribution in [0.5, 0.6) is 0 Å². The van der Waals surface area contributed by atoms with Gasteiger partial charge in [0.25, 0.3) is 0 Å². The monoisotopic (exact) mass is 300 g/mol. The van der Waals surface area contributed by atoms with Gasteiger partial charge >= 0.3 is 6.18 Å². The molecule has 2 aromatic rings. The van der Waals surface area contributed by atoms with Crippen LogP contribution >= 0.6 is 11.3 Å². The molecule has 0 fully saturated rings. The summed E-state index contributed by atoms with van der Waals surface area (Å²) < 4.78 is 37.9. The van der Waals surface area contributed by atoms with E-state index in [4.69, 9.17) is 0 Å². The average molecular weight is 300 g/mol. The summed E-state index contributed by atoms with van der Waals surface area (Å²) in [5, 5.41) is 4.88. The number of hydrogen-bond acceptors (Lipinski definition) is 3. The van der Waals surface area contributed by atoms with E-state index in [9.17, 15) is 13.2 Å². The Hall–Kier alpha value is -1.40. The Morgan fingerprint density at radius 2 is 1.95 bits per heavy atom. The molecule has 0 aliphatic carbocycles. The van der Waals surface area contributed by atoms with Crippen LogP contribution in [0.3, 0.4) is 0 Å². The summed E-state index contributed by atoms with van der Waals surface area (Å²) in [5.41, 5.74) is 3.28. The van der Waals surface area contributed by atoms with Crippen LogP contribution in [0.1, 0.15) is 23.7 Å². The smallest absolute Gasteiger partial charge is 0.309 e. The second-order valence-corrected chi connectivity index (χ2v) is 5.19. The molecule has 6 heteroatoms. The van der Waals surface area contributed by atoms with Gasteiger partial charge in [-0.2, -0.15) is 13.2 Å². The average Bonchev–Trinajstić information content (AvgIpc) is 2.90. The highest BCUT2D eigenvalue weighted by atomic mass is 32.1. The normalized spacial score (nSPS) is 13.3. The third-order valence-corrected chi connectivity index (χ3v) is 3.53. The maximum Gasteiger partial charge on any atom is 0.390 e. The van der Waals surface area contributed by atoms with Gasteiger partial charge in [-0.15, -0.1) is 11.3 Å². The highest BCUT2D eigenvalue weighted by Crippen LogP contribution is 2.29. The minimum Gasteiger partial charge on any atom is -0.309 e. The molecule has 1 aromatic carbocycles. The Morgan fingerprint density at radius 3 is 2.55 bits per heavy atom. The van der Waals surface area contributed by atoms with Gasteiger partial charge in [0.2, 0.25) is 0 Å². The Bertz CT molecular complexity index is 497. The summed E-state index contributed by atoms with van der Waals surface area (Å²) in [4.78, 5) is 4.12. The molecule has 0 aliphatic rings. The van der Waals surface area contributed by atoms with E-state index in [1.807, 2.05) is 5.38 Å². The number of hydrogen-bond donors (Lipinski definition) is 1. The molecule has 1 heterocycles. The summed E-state index contributed by atoms with van der Waals surface area (Å²) in [6.45, 7) is 0.472. The Balaban J connectivity index is 1.96. The van der Waals surface area contributed by atoms with Crippen LogP contribution in [0.15, 0.2) is 41.2 Å². The maximum absolute atomic E-state index is 12.6. The molecular formula is C14H15F3N2S. The van der Waals surface area contributed by atoms with Gasteiger partial charge in [0.1, 0.15) is 0 Å². The van der Waals surface area contributed by atoms with Gasteiger partial charge in [0.15, 0.2) is 0 Å². The Morgan fingerprint density at radius 1 is 1.20 bits per heavy atom. The predicted molar refractivity (Wildman–Crippen MR) is 73.7 cm³/mol. The first-order chi connectivity index (χ1) is 9.54. The highest BCUT2D eigenvalue weighted by molar-refractivity contribution is 7.07. The van der Waals surface area contributed by atoms with Crippen molar-refractivity contribution in [3.05, 3.63) is 52.5 Å². The van der Waals surface area contributed by atoms with E-state index in [0.29, 0.717) is 18.5 Å². The maximum atomic E-state index is 12.6. The van der Waals surface area contributed by atoms with Crippen LogP contribution in [0.2, 0.25) is 0 Å². The van der Waals surface area contributed by atoms with Crippen LogP contribution in [0.4, 0.5) is 13.2 Å². The number of halogens is 3. The summed E-state index contributed by atoms with van der Waals surface area (Å²) in [5.74, 6) is 0. The van der Waals surface area contributed by atoms with E-state index in [-0.39, 0.29) is 0 Å². The zero-order valence-electron chi connectivity index (χ0n) is 10.7. The summed E-state index contributed by atoms with van der Waals surface area (Å²) in [7, 11) is 0. The third kappa shape index (κ3) is 4.94. The van der Waals surface area contributed by atoms with Crippen LogP contribution in [0.25, 0.3) is 0 Å². The fourth-order valence-corrected chi connectivity index (χ4v) is 2.55. The first-order valence-electron chi connectivity index (χ1n) is 6.27. The fraction of sp³-hybridized carbons (Fsp3) is 0.357. The molecule has 0 bridgehead atoms. The number of alkyl halides is 3. The van der Waals surface area contributed by atoms with Crippen LogP contribution in [-0.4, -0.2) is 17.7 Å². The van der Waals surface area contributed by atoms with Crippen molar-refractivity contribution in [2.45, 2.75) is 25.1 Å². The van der Waals surface area contributed by atoms with E-state index >= 15 is 0 Å². The lowest BCUT2D eigenvalue weighted by molar-refractivity contribution is -0.140. The molecule has 108 valence electrons. The van der Waals surface area contributed by atoms with Crippen molar-refractivity contribution in [2.24, 2.45) is 0 Å². The van der Waals surface area contributed by atoms with Crippen molar-refractivity contribution in [3.8, 4) is 0 Å². The highest BCUT2D eigenvalue weighted by Gasteiger charge is 2.32. The topological polar surface area (TPSA) is 24.9 Å². The van der Waals surface area contributed by atoms with E-state index in [2.05, 4.69) is 10.3 Å². The zero-order chi connectivity index (χ0) is 14.4. The van der Waals surface area contributed by atoms with Crippen LogP contribution < -0.4 is 5.32 Å². The molecule has 2 rings (SSSR count). The molecule has 2 nitrogen and oxygen atoms in total. The minimum absolute atomic E-state index is 0.472. The Labute approximate surface area is 119 Å². The molecule has 0 aliphatic heterocycles. The van der Waals surface area contributed by atoms with E-state index in [1.165, 1.54) is 11.3 Å². The van der Waals surface area contributed by atoms with E-state index < -0.39 is 18.6 Å². The molecule has 1 aromatic heterocycles. The number of rotatable bonds is 6. The number of nitrogens with one attached hydrogen (secondary N) is 1. The second kappa shape index (κ2) is 6.85. The molecule has 0 amide bonds. The molecule has 0 spiro atoms. The predicted octanol–water partition coefficient (Wildman–Crippen LogP) is 3.97. The van der Waals surface area contributed by atoms with Gasteiger partial charge in [-0.05, 0) is 5.56 Å². The zero-order valence-corrected chi connectivity index (χ0v) is 11.5. The third-order valence-electron chi connectivity index (χ3n) is 2.89. The number of benzene rings is 1. The number of aromatic nitrogens is 1. The van der Waals surface area contributed by atoms with Crippen molar-refractivity contribution in [1.29, 1.82) is 0 Å². The van der Waals surface area contributed by atoms with Gasteiger partial charge in [0.05, 0.1) is 17.6 Å². The van der Waals surface area contributed by atoms with Gasteiger partial charge in [-0.3, -0.25) is 0 Å². The molecule has 1 N–H and O–H groups in total. The SMILES string of the molecule is FC(F)(F)CC(NCCc1cscn1)c1ccccc1. The van der Waals surface area contributed by atoms with Crippen molar-refractivity contribution < 1.29 is 13.2 Å². The van der Waals surface area contributed by atoms with E-state index in [1.54, 1.807) is 35.8 Å². The first-order valence-corrected chi connectivity index (χ1v) is 7.21. The molecule has 0 radical (unpaired) electrons. The lowest BCUT2D eigenvalue weighted by Gasteiger charge is -2.20. The Kier molecular flexibility index (Phi) is 5.14. The molecule has 0 saturated carbocycles. The molecular weight excluding hydrogens is 285 g/mol. The number of thiazole rings is 1. The quantitative estimate of drug-likeness (QED) is 0.873. The second-order valence-electron chi connectivity index (χ2n) is 4.47. The number of nitrogens with zero attached hydrogens (tertiary/aromatic N) is 1. The van der Waals surface area contributed by atoms with E-state index in [0.717, 1.165) is 5.69 Å². The summed E-state index contributed by atoms with van der Waals surface area (Å²) in [6, 6.07) is 8.01. The van der Waals surface area contributed by atoms with Gasteiger partial charge in [-0.25, -0.2) is 4.98 Å². The molecule has 1 atom stereocenters. The summed E-state index contributed by atoms with van der Waals surface area (Å²) in [6.07, 6.45) is -4.42. The van der Waals surface area contributed by atoms with Gasteiger partial charge < -0.3 is 5.32 Å². The fourth-order valence-electron chi connectivity index (χ4n) is 1.96. The first kappa shape index (κ1) is 15.0. The van der Waals surface area contributed by atoms with Crippen molar-refractivity contribution in [3.63, 3.8) is 0 Å². The largest absolute Gasteiger partial charge is 0.390 e. The van der Waals surface area contributed by atoms with Gasteiger partial charge in [0, 0.05) is 24.4 Å². The lowest BCUT2D eigenvalue weighted by Crippen LogP contribution is -2.28. The molecule has 0 saturated heterocycles. The molecule has 1 unspecified atom stereocenters. The van der Waals surface area contributed by atoms with Crippen LogP contribution in [-0.2, 0) is 6.42 Å². The minimum atomic E-state index is -4.19. The summed E-state index contributed by atoms with van der Waals surface area (Å²) >= 11 is 1.49. The van der Waals surface area contributed by atoms with Crippen molar-refractivity contribution in [1.82, 2.24) is 10.3 Å². The molecule has 20 heavy (non-hydrogen) atoms. The van der Waals surface area contributed by atoms with Crippen LogP contribution in [0, 0.1) is 0 Å². The lowest BCUT2D eigenvalue weighted by atomic mass is 10.0.